The summed E-state index contributed by atoms with van der Waals surface area (Å²) in [7, 11) is 0. The molecule has 18 heavy (non-hydrogen) atoms. The van der Waals surface area contributed by atoms with Crippen LogP contribution in [0, 0.1) is 11.8 Å². The van der Waals surface area contributed by atoms with Crippen LogP contribution in [0.1, 0.15) is 26.5 Å². The van der Waals surface area contributed by atoms with E-state index < -0.39 is 11.7 Å². The number of pyridine rings is 1. The van der Waals surface area contributed by atoms with Crippen molar-refractivity contribution in [2.24, 2.45) is 0 Å². The Morgan fingerprint density at radius 1 is 1.50 bits per heavy atom. The zero-order valence-electron chi connectivity index (χ0n) is 10.8. The van der Waals surface area contributed by atoms with Gasteiger partial charge in [-0.3, -0.25) is 0 Å². The van der Waals surface area contributed by atoms with E-state index in [2.05, 4.69) is 22.1 Å². The highest BCUT2D eigenvalue weighted by molar-refractivity contribution is 5.68. The normalized spacial score (nSPS) is 10.2. The van der Waals surface area contributed by atoms with Crippen LogP contribution in [0.4, 0.5) is 10.5 Å². The lowest BCUT2D eigenvalue weighted by Crippen LogP contribution is -2.32. The average Bonchev–Trinajstić information content (AvgIpc) is 2.24. The molecule has 0 unspecified atom stereocenters. The van der Waals surface area contributed by atoms with Gasteiger partial charge in [0, 0.05) is 0 Å². The highest BCUT2D eigenvalue weighted by Crippen LogP contribution is 2.06. The van der Waals surface area contributed by atoms with E-state index in [-0.39, 0.29) is 6.54 Å². The van der Waals surface area contributed by atoms with E-state index in [4.69, 9.17) is 10.5 Å². The molecule has 5 nitrogen and oxygen atoms in total. The van der Waals surface area contributed by atoms with Gasteiger partial charge in [-0.25, -0.2) is 9.78 Å². The number of carbonyl (C=O) groups excluding carboxylic acids is 1. The third-order valence-corrected chi connectivity index (χ3v) is 1.72. The summed E-state index contributed by atoms with van der Waals surface area (Å²) in [5, 5.41) is 2.53. The summed E-state index contributed by atoms with van der Waals surface area (Å²) in [6.45, 7) is 5.62. The van der Waals surface area contributed by atoms with Crippen molar-refractivity contribution in [3.05, 3.63) is 24.0 Å². The fourth-order valence-corrected chi connectivity index (χ4v) is 1.04. The zero-order chi connectivity index (χ0) is 13.6. The van der Waals surface area contributed by atoms with E-state index >= 15 is 0 Å². The second-order valence-corrected chi connectivity index (χ2v) is 4.63. The first kappa shape index (κ1) is 13.8. The lowest BCUT2D eigenvalue weighted by Gasteiger charge is -2.18. The molecule has 0 aliphatic carbocycles. The maximum atomic E-state index is 11.3. The average molecular weight is 247 g/mol. The lowest BCUT2D eigenvalue weighted by molar-refractivity contribution is 0.0535. The van der Waals surface area contributed by atoms with Crippen LogP contribution in [-0.2, 0) is 4.74 Å². The summed E-state index contributed by atoms with van der Waals surface area (Å²) < 4.78 is 5.06. The summed E-state index contributed by atoms with van der Waals surface area (Å²) in [6, 6.07) is 3.44. The van der Waals surface area contributed by atoms with Crippen LogP contribution in [0.15, 0.2) is 18.3 Å². The molecule has 1 aromatic heterocycles. The van der Waals surface area contributed by atoms with Gasteiger partial charge in [0.2, 0.25) is 0 Å². The summed E-state index contributed by atoms with van der Waals surface area (Å²) in [5.41, 5.74) is 6.19. The predicted molar refractivity (Wildman–Crippen MR) is 69.8 cm³/mol. The van der Waals surface area contributed by atoms with Crippen molar-refractivity contribution >= 4 is 11.8 Å². The smallest absolute Gasteiger partial charge is 0.408 e. The van der Waals surface area contributed by atoms with Gasteiger partial charge in [0.05, 0.1) is 18.4 Å². The zero-order valence-corrected chi connectivity index (χ0v) is 10.8. The molecule has 1 heterocycles. The monoisotopic (exact) mass is 247 g/mol. The molecule has 0 atom stereocenters. The van der Waals surface area contributed by atoms with Gasteiger partial charge < -0.3 is 15.8 Å². The van der Waals surface area contributed by atoms with E-state index in [1.54, 1.807) is 32.9 Å². The Morgan fingerprint density at radius 3 is 2.78 bits per heavy atom. The Balaban J connectivity index is 2.38. The van der Waals surface area contributed by atoms with Crippen molar-refractivity contribution in [1.82, 2.24) is 10.3 Å². The van der Waals surface area contributed by atoms with Crippen molar-refractivity contribution in [1.29, 1.82) is 0 Å². The Kier molecular flexibility index (Phi) is 4.55. The second-order valence-electron chi connectivity index (χ2n) is 4.63. The number of hydrogen-bond donors (Lipinski definition) is 2. The molecule has 1 aromatic rings. The molecule has 0 spiro atoms. The number of rotatable bonds is 1. The molecule has 0 radical (unpaired) electrons. The molecule has 0 aliphatic heterocycles. The Bertz CT molecular complexity index is 464. The van der Waals surface area contributed by atoms with Gasteiger partial charge in [0.15, 0.2) is 0 Å². The molecule has 0 saturated heterocycles. The van der Waals surface area contributed by atoms with Crippen LogP contribution in [0.2, 0.25) is 0 Å². The molecule has 0 bridgehead atoms. The maximum absolute atomic E-state index is 11.3. The van der Waals surface area contributed by atoms with Crippen LogP contribution in [-0.4, -0.2) is 23.2 Å². The van der Waals surface area contributed by atoms with Gasteiger partial charge in [-0.2, -0.15) is 0 Å². The molecule has 3 N–H and O–H groups in total. The summed E-state index contributed by atoms with van der Waals surface area (Å²) in [5.74, 6) is 5.58. The molecular weight excluding hydrogens is 230 g/mol. The molecule has 1 amide bonds. The van der Waals surface area contributed by atoms with Crippen LogP contribution in [0.5, 0.6) is 0 Å². The van der Waals surface area contributed by atoms with Crippen LogP contribution < -0.4 is 11.1 Å². The van der Waals surface area contributed by atoms with Crippen molar-refractivity contribution < 1.29 is 9.53 Å². The number of alkyl carbamates (subject to hydrolysis) is 1. The minimum Gasteiger partial charge on any atom is -0.444 e. The molecule has 0 aliphatic rings. The molecule has 0 saturated carbocycles. The lowest BCUT2D eigenvalue weighted by atomic mass is 10.2. The Morgan fingerprint density at radius 2 is 2.22 bits per heavy atom. The molecule has 0 fully saturated rings. The van der Waals surface area contributed by atoms with Crippen LogP contribution in [0.3, 0.4) is 0 Å². The highest BCUT2D eigenvalue weighted by atomic mass is 16.6. The van der Waals surface area contributed by atoms with Gasteiger partial charge in [0.25, 0.3) is 0 Å². The SMILES string of the molecule is CC(C)(C)OC(=O)NCC#Cc1ccc(N)cn1. The summed E-state index contributed by atoms with van der Waals surface area (Å²) in [6.07, 6.45) is 1.05. The largest absolute Gasteiger partial charge is 0.444 e. The fourth-order valence-electron chi connectivity index (χ4n) is 1.04. The van der Waals surface area contributed by atoms with E-state index in [1.165, 1.54) is 6.20 Å². The minimum atomic E-state index is -0.504. The number of nitrogens with one attached hydrogen (secondary N) is 1. The third kappa shape index (κ3) is 5.75. The first-order valence-corrected chi connectivity index (χ1v) is 5.54. The number of aromatic nitrogens is 1. The number of nitrogens with zero attached hydrogens (tertiary/aromatic N) is 1. The Labute approximate surface area is 107 Å². The number of nitrogen functional groups attached to an aromatic ring is 1. The molecular formula is C13H17N3O2. The topological polar surface area (TPSA) is 77.2 Å². The maximum Gasteiger partial charge on any atom is 0.408 e. The van der Waals surface area contributed by atoms with Gasteiger partial charge in [-0.1, -0.05) is 5.92 Å². The van der Waals surface area contributed by atoms with Crippen LogP contribution in [0.25, 0.3) is 0 Å². The number of anilines is 1. The summed E-state index contributed by atoms with van der Waals surface area (Å²) in [4.78, 5) is 15.3. The minimum absolute atomic E-state index is 0.209. The molecule has 1 rings (SSSR count). The number of carbonyl (C=O) groups is 1. The van der Waals surface area contributed by atoms with E-state index in [9.17, 15) is 4.79 Å². The van der Waals surface area contributed by atoms with Crippen molar-refractivity contribution in [2.75, 3.05) is 12.3 Å². The highest BCUT2D eigenvalue weighted by Gasteiger charge is 2.14. The fraction of sp³-hybridized carbons (Fsp3) is 0.385. The van der Waals surface area contributed by atoms with E-state index in [1.807, 2.05) is 0 Å². The Hall–Kier alpha value is -2.22. The standard InChI is InChI=1S/C13H17N3O2/c1-13(2,3)18-12(17)15-8-4-5-11-7-6-10(14)9-16-11/h6-7,9H,8,14H2,1-3H3,(H,15,17). The number of nitrogens with two attached hydrogens (primary N) is 1. The molecule has 96 valence electrons. The third-order valence-electron chi connectivity index (χ3n) is 1.72. The number of hydrogen-bond acceptors (Lipinski definition) is 4. The van der Waals surface area contributed by atoms with Crippen molar-refractivity contribution in [3.63, 3.8) is 0 Å². The van der Waals surface area contributed by atoms with Gasteiger partial charge in [0.1, 0.15) is 11.3 Å². The van der Waals surface area contributed by atoms with Crippen molar-refractivity contribution in [3.8, 4) is 11.8 Å². The van der Waals surface area contributed by atoms with E-state index in [0.717, 1.165) is 0 Å². The van der Waals surface area contributed by atoms with E-state index in [0.29, 0.717) is 11.4 Å². The predicted octanol–water partition coefficient (Wildman–Crippen LogP) is 1.54. The van der Waals surface area contributed by atoms with Gasteiger partial charge in [-0.05, 0) is 38.8 Å². The van der Waals surface area contributed by atoms with Crippen molar-refractivity contribution in [2.45, 2.75) is 26.4 Å². The van der Waals surface area contributed by atoms with Crippen LogP contribution >= 0.6 is 0 Å². The summed E-state index contributed by atoms with van der Waals surface area (Å²) >= 11 is 0. The first-order chi connectivity index (χ1) is 8.37. The number of amides is 1. The van der Waals surface area contributed by atoms with Gasteiger partial charge >= 0.3 is 6.09 Å². The molecule has 5 heteroatoms. The second kappa shape index (κ2) is 5.92. The molecule has 0 aromatic carbocycles. The number of ether oxygens (including phenoxy) is 1. The quantitative estimate of drug-likeness (QED) is 0.738. The first-order valence-electron chi connectivity index (χ1n) is 5.54. The van der Waals surface area contributed by atoms with Gasteiger partial charge in [-0.15, -0.1) is 0 Å².